The van der Waals surface area contributed by atoms with E-state index >= 15 is 0 Å². The van der Waals surface area contributed by atoms with Crippen molar-refractivity contribution in [2.75, 3.05) is 6.16 Å². The molecule has 0 aromatic carbocycles. The van der Waals surface area contributed by atoms with Crippen LogP contribution in [0.1, 0.15) is 13.3 Å². The van der Waals surface area contributed by atoms with Crippen LogP contribution in [0.2, 0.25) is 0 Å². The number of hydrogen-bond acceptors (Lipinski definition) is 1. The molecule has 0 aliphatic carbocycles. The lowest BCUT2D eigenvalue weighted by molar-refractivity contribution is 0.373. The molecule has 0 rings (SSSR count). The van der Waals surface area contributed by atoms with Gasteiger partial charge < -0.3 is 9.79 Å². The molecule has 0 radical (unpaired) electrons. The fourth-order valence-electron chi connectivity index (χ4n) is 0.432. The van der Waals surface area contributed by atoms with E-state index in [0.29, 0.717) is 11.5 Å². The Morgan fingerprint density at radius 3 is 2.50 bits per heavy atom. The number of hydrogen-bond donors (Lipinski definition) is 2. The molecule has 0 spiro atoms. The van der Waals surface area contributed by atoms with Gasteiger partial charge in [-0.15, -0.1) is 0 Å². The number of allylic oxidation sites excluding steroid dienone is 2. The van der Waals surface area contributed by atoms with E-state index in [0.717, 1.165) is 0 Å². The van der Waals surface area contributed by atoms with Crippen LogP contribution in [0.15, 0.2) is 11.1 Å². The maximum absolute atomic E-state index is 10.2. The molecule has 0 saturated carbocycles. The first kappa shape index (κ1) is 10.2. The summed E-state index contributed by atoms with van der Waals surface area (Å²) in [5.74, 6) is 0. The summed E-state index contributed by atoms with van der Waals surface area (Å²) in [6.07, 6.45) is 1.79. The highest BCUT2D eigenvalue weighted by Crippen LogP contribution is 2.35. The van der Waals surface area contributed by atoms with Crippen molar-refractivity contribution in [1.29, 1.82) is 0 Å². The van der Waals surface area contributed by atoms with Crippen LogP contribution < -0.4 is 0 Å². The van der Waals surface area contributed by atoms with Crippen molar-refractivity contribution in [1.82, 2.24) is 0 Å². The van der Waals surface area contributed by atoms with E-state index in [4.69, 9.17) is 21.4 Å². The fraction of sp³-hybridized carbons (Fsp3) is 0.600. The first-order valence-corrected chi connectivity index (χ1v) is 4.96. The third-order valence-electron chi connectivity index (χ3n) is 0.846. The molecule has 0 amide bonds. The lowest BCUT2D eigenvalue weighted by Gasteiger charge is -1.98. The molecule has 0 aliphatic rings. The summed E-state index contributed by atoms with van der Waals surface area (Å²) < 4.78 is 10.2. The second-order valence-electron chi connectivity index (χ2n) is 1.97. The van der Waals surface area contributed by atoms with Gasteiger partial charge in [-0.2, -0.15) is 0 Å². The fourth-order valence-corrected chi connectivity index (χ4v) is 1.01. The molecule has 60 valence electrons. The normalized spacial score (nSPS) is 13.8. The minimum atomic E-state index is -3.83. The molecule has 2 N–H and O–H groups in total. The van der Waals surface area contributed by atoms with Crippen LogP contribution >= 0.6 is 19.2 Å². The second kappa shape index (κ2) is 4.14. The van der Waals surface area contributed by atoms with E-state index < -0.39 is 7.60 Å². The molecule has 0 atom stereocenters. The minimum Gasteiger partial charge on any atom is -0.324 e. The highest BCUT2D eigenvalue weighted by molar-refractivity contribution is 7.51. The van der Waals surface area contributed by atoms with Gasteiger partial charge in [0.05, 0.1) is 6.16 Å². The Labute approximate surface area is 64.9 Å². The monoisotopic (exact) mass is 184 g/mol. The quantitative estimate of drug-likeness (QED) is 0.657. The smallest absolute Gasteiger partial charge is 0.324 e. The Morgan fingerprint density at radius 1 is 1.70 bits per heavy atom. The van der Waals surface area contributed by atoms with Crippen LogP contribution in [-0.4, -0.2) is 15.9 Å². The molecule has 0 aliphatic heterocycles. The molecular weight excluding hydrogens is 174 g/mol. The van der Waals surface area contributed by atoms with E-state index in [1.165, 1.54) is 0 Å². The van der Waals surface area contributed by atoms with Crippen LogP contribution in [0.25, 0.3) is 0 Å². The maximum Gasteiger partial charge on any atom is 0.325 e. The molecule has 0 heterocycles. The zero-order valence-electron chi connectivity index (χ0n) is 5.62. The average molecular weight is 185 g/mol. The van der Waals surface area contributed by atoms with Gasteiger partial charge in [0.25, 0.3) is 0 Å². The van der Waals surface area contributed by atoms with Crippen molar-refractivity contribution in [3.63, 3.8) is 0 Å². The first-order valence-electron chi connectivity index (χ1n) is 2.78. The summed E-state index contributed by atoms with van der Waals surface area (Å²) >= 11 is 5.41. The van der Waals surface area contributed by atoms with Crippen LogP contribution in [-0.2, 0) is 4.57 Å². The van der Waals surface area contributed by atoms with Crippen molar-refractivity contribution in [2.45, 2.75) is 13.3 Å². The summed E-state index contributed by atoms with van der Waals surface area (Å²) in [7, 11) is -3.83. The SMILES string of the molecule is CC(Cl)=CCCP(=O)(O)O. The molecule has 0 aromatic heterocycles. The van der Waals surface area contributed by atoms with Crippen LogP contribution in [0.4, 0.5) is 0 Å². The Kier molecular flexibility index (Phi) is 4.22. The average Bonchev–Trinajstić information content (AvgIpc) is 1.59. The molecule has 0 bridgehead atoms. The Morgan fingerprint density at radius 2 is 2.20 bits per heavy atom. The van der Waals surface area contributed by atoms with Gasteiger partial charge in [-0.25, -0.2) is 0 Å². The summed E-state index contributed by atoms with van der Waals surface area (Å²) in [5.41, 5.74) is 0. The van der Waals surface area contributed by atoms with Crippen molar-refractivity contribution in [3.8, 4) is 0 Å². The standard InChI is InChI=1S/C5H10ClO3P/c1-5(6)3-2-4-10(7,8)9/h3H,2,4H2,1H3,(H2,7,8,9). The van der Waals surface area contributed by atoms with Gasteiger partial charge in [0.1, 0.15) is 0 Å². The van der Waals surface area contributed by atoms with Gasteiger partial charge in [-0.3, -0.25) is 4.57 Å². The molecule has 10 heavy (non-hydrogen) atoms. The first-order chi connectivity index (χ1) is 4.42. The largest absolute Gasteiger partial charge is 0.325 e. The number of halogens is 1. The predicted molar refractivity (Wildman–Crippen MR) is 41.1 cm³/mol. The summed E-state index contributed by atoms with van der Waals surface area (Å²) in [6.45, 7) is 1.67. The highest BCUT2D eigenvalue weighted by atomic mass is 35.5. The third kappa shape index (κ3) is 8.18. The molecule has 0 unspecified atom stereocenters. The Hall–Kier alpha value is 0.180. The van der Waals surface area contributed by atoms with Gasteiger partial charge in [-0.1, -0.05) is 17.7 Å². The van der Waals surface area contributed by atoms with Crippen LogP contribution in [0.3, 0.4) is 0 Å². The number of rotatable bonds is 3. The summed E-state index contributed by atoms with van der Waals surface area (Å²) in [5, 5.41) is 0.563. The summed E-state index contributed by atoms with van der Waals surface area (Å²) in [4.78, 5) is 16.7. The van der Waals surface area contributed by atoms with Gasteiger partial charge >= 0.3 is 7.60 Å². The zero-order valence-corrected chi connectivity index (χ0v) is 7.27. The Balaban J connectivity index is 3.58. The van der Waals surface area contributed by atoms with Crippen molar-refractivity contribution in [2.24, 2.45) is 0 Å². The zero-order chi connectivity index (χ0) is 8.20. The van der Waals surface area contributed by atoms with E-state index in [1.807, 2.05) is 0 Å². The van der Waals surface area contributed by atoms with Gasteiger partial charge in [0.15, 0.2) is 0 Å². The predicted octanol–water partition coefficient (Wildman–Crippen LogP) is 1.70. The topological polar surface area (TPSA) is 57.5 Å². The van der Waals surface area contributed by atoms with Crippen molar-refractivity contribution < 1.29 is 14.4 Å². The lowest BCUT2D eigenvalue weighted by Crippen LogP contribution is -1.84. The van der Waals surface area contributed by atoms with Gasteiger partial charge in [-0.05, 0) is 13.3 Å². The molecule has 5 heteroatoms. The van der Waals surface area contributed by atoms with Crippen LogP contribution in [0, 0.1) is 0 Å². The van der Waals surface area contributed by atoms with E-state index in [2.05, 4.69) is 0 Å². The van der Waals surface area contributed by atoms with E-state index in [-0.39, 0.29) is 6.16 Å². The lowest BCUT2D eigenvalue weighted by atomic mass is 10.4. The second-order valence-corrected chi connectivity index (χ2v) is 4.34. The van der Waals surface area contributed by atoms with Gasteiger partial charge in [0.2, 0.25) is 0 Å². The highest BCUT2D eigenvalue weighted by Gasteiger charge is 2.09. The van der Waals surface area contributed by atoms with Crippen molar-refractivity contribution in [3.05, 3.63) is 11.1 Å². The van der Waals surface area contributed by atoms with E-state index in [1.54, 1.807) is 13.0 Å². The molecule has 0 aromatic rings. The maximum atomic E-state index is 10.2. The van der Waals surface area contributed by atoms with Gasteiger partial charge in [0, 0.05) is 5.03 Å². The van der Waals surface area contributed by atoms with Crippen LogP contribution in [0.5, 0.6) is 0 Å². The molecule has 0 fully saturated rings. The third-order valence-corrected chi connectivity index (χ3v) is 1.84. The summed E-state index contributed by atoms with van der Waals surface area (Å²) in [6, 6.07) is 0. The Bertz CT molecular complexity index is 168. The minimum absolute atomic E-state index is 0.128. The van der Waals surface area contributed by atoms with Crippen molar-refractivity contribution >= 4 is 19.2 Å². The van der Waals surface area contributed by atoms with E-state index in [9.17, 15) is 4.57 Å². The molecular formula is C5H10ClO3P. The molecule has 0 saturated heterocycles. The molecule has 3 nitrogen and oxygen atoms in total.